The molecule has 0 saturated carbocycles. The van der Waals surface area contributed by atoms with E-state index in [9.17, 15) is 27.7 Å². The molecule has 20 heavy (non-hydrogen) atoms. The number of hydrogen-bond acceptors (Lipinski definition) is 3. The van der Waals surface area contributed by atoms with Gasteiger partial charge >= 0.3 is 12.0 Å². The number of benzene rings is 1. The van der Waals surface area contributed by atoms with E-state index in [1.165, 1.54) is 6.20 Å². The zero-order chi connectivity index (χ0) is 14.9. The highest BCUT2D eigenvalue weighted by molar-refractivity contribution is 5.27. The maximum Gasteiger partial charge on any atom is 0.419 e. The lowest BCUT2D eigenvalue weighted by molar-refractivity contribution is -0.389. The first-order chi connectivity index (χ1) is 9.27. The summed E-state index contributed by atoms with van der Waals surface area (Å²) in [4.78, 5) is 9.72. The van der Waals surface area contributed by atoms with Crippen LogP contribution in [0.2, 0.25) is 0 Å². The third-order valence-electron chi connectivity index (χ3n) is 2.50. The predicted octanol–water partition coefficient (Wildman–Crippen LogP) is 3.00. The number of halogens is 4. The van der Waals surface area contributed by atoms with E-state index < -0.39 is 28.3 Å². The second-order valence-corrected chi connectivity index (χ2v) is 3.94. The largest absolute Gasteiger partial charge is 0.419 e. The summed E-state index contributed by atoms with van der Waals surface area (Å²) < 4.78 is 51.6. The molecule has 0 aliphatic rings. The van der Waals surface area contributed by atoms with Gasteiger partial charge in [-0.3, -0.25) is 0 Å². The molecule has 0 atom stereocenters. The van der Waals surface area contributed by atoms with Crippen LogP contribution in [0.1, 0.15) is 11.1 Å². The number of aromatic nitrogens is 2. The Bertz CT molecular complexity index is 651. The highest BCUT2D eigenvalue weighted by atomic mass is 19.4. The number of hydrogen-bond donors (Lipinski definition) is 0. The molecule has 0 radical (unpaired) electrons. The van der Waals surface area contributed by atoms with E-state index >= 15 is 0 Å². The van der Waals surface area contributed by atoms with Crippen molar-refractivity contribution in [2.24, 2.45) is 0 Å². The SMILES string of the molecule is O=[N+]([O-])c1ccn(Cc2ccc(C(F)(F)F)c(F)c2)n1. The van der Waals surface area contributed by atoms with Crippen molar-refractivity contribution in [1.29, 1.82) is 0 Å². The van der Waals surface area contributed by atoms with E-state index in [1.807, 2.05) is 0 Å². The first kappa shape index (κ1) is 14.0. The minimum Gasteiger partial charge on any atom is -0.358 e. The zero-order valence-electron chi connectivity index (χ0n) is 9.76. The van der Waals surface area contributed by atoms with Crippen LogP contribution in [0.25, 0.3) is 0 Å². The molecule has 0 aliphatic carbocycles. The van der Waals surface area contributed by atoms with E-state index in [2.05, 4.69) is 5.10 Å². The predicted molar refractivity (Wildman–Crippen MR) is 59.4 cm³/mol. The van der Waals surface area contributed by atoms with Crippen molar-refractivity contribution in [3.8, 4) is 0 Å². The average molecular weight is 289 g/mol. The van der Waals surface area contributed by atoms with Gasteiger partial charge in [-0.1, -0.05) is 6.07 Å². The van der Waals surface area contributed by atoms with Crippen LogP contribution < -0.4 is 0 Å². The molecule has 2 aromatic rings. The molecule has 0 amide bonds. The lowest BCUT2D eigenvalue weighted by atomic mass is 10.1. The highest BCUT2D eigenvalue weighted by Crippen LogP contribution is 2.31. The minimum absolute atomic E-state index is 0.0666. The second kappa shape index (κ2) is 4.91. The van der Waals surface area contributed by atoms with Gasteiger partial charge in [0.2, 0.25) is 0 Å². The van der Waals surface area contributed by atoms with Gasteiger partial charge in [-0.15, -0.1) is 0 Å². The Kier molecular flexibility index (Phi) is 3.43. The summed E-state index contributed by atoms with van der Waals surface area (Å²) in [5, 5.41) is 14.0. The number of alkyl halides is 3. The monoisotopic (exact) mass is 289 g/mol. The Labute approximate surface area is 109 Å². The first-order valence-corrected chi connectivity index (χ1v) is 5.31. The molecule has 0 N–H and O–H groups in total. The van der Waals surface area contributed by atoms with E-state index in [0.717, 1.165) is 22.9 Å². The van der Waals surface area contributed by atoms with Crippen LogP contribution in [0.4, 0.5) is 23.4 Å². The normalized spacial score (nSPS) is 11.6. The van der Waals surface area contributed by atoms with E-state index in [1.54, 1.807) is 0 Å². The molecule has 5 nitrogen and oxygen atoms in total. The molecule has 0 aliphatic heterocycles. The molecule has 106 valence electrons. The van der Waals surface area contributed by atoms with Crippen LogP contribution in [0, 0.1) is 15.9 Å². The van der Waals surface area contributed by atoms with Gasteiger partial charge in [-0.2, -0.15) is 17.9 Å². The Morgan fingerprint density at radius 3 is 2.50 bits per heavy atom. The van der Waals surface area contributed by atoms with Crippen molar-refractivity contribution in [3.63, 3.8) is 0 Å². The summed E-state index contributed by atoms with van der Waals surface area (Å²) in [7, 11) is 0. The van der Waals surface area contributed by atoms with E-state index in [-0.39, 0.29) is 12.1 Å². The second-order valence-electron chi connectivity index (χ2n) is 3.94. The van der Waals surface area contributed by atoms with Crippen molar-refractivity contribution in [2.75, 3.05) is 0 Å². The molecular weight excluding hydrogens is 282 g/mol. The van der Waals surface area contributed by atoms with Crippen molar-refractivity contribution in [3.05, 3.63) is 57.5 Å². The van der Waals surface area contributed by atoms with Gasteiger partial charge in [-0.05, 0) is 22.6 Å². The van der Waals surface area contributed by atoms with Crippen LogP contribution in [-0.4, -0.2) is 14.7 Å². The van der Waals surface area contributed by atoms with Gasteiger partial charge < -0.3 is 10.1 Å². The van der Waals surface area contributed by atoms with Gasteiger partial charge in [0.05, 0.1) is 29.5 Å². The van der Waals surface area contributed by atoms with Crippen LogP contribution in [-0.2, 0) is 12.7 Å². The molecule has 0 unspecified atom stereocenters. The standard InChI is InChI=1S/C11H7F4N3O2/c12-9-5-7(1-2-8(9)11(13,14)15)6-17-4-3-10(16-17)18(19)20/h1-5H,6H2. The summed E-state index contributed by atoms with van der Waals surface area (Å²) >= 11 is 0. The topological polar surface area (TPSA) is 61.0 Å². The van der Waals surface area contributed by atoms with Crippen LogP contribution in [0.15, 0.2) is 30.5 Å². The van der Waals surface area contributed by atoms with Gasteiger partial charge in [0.25, 0.3) is 0 Å². The first-order valence-electron chi connectivity index (χ1n) is 5.31. The van der Waals surface area contributed by atoms with Crippen LogP contribution in [0.3, 0.4) is 0 Å². The fraction of sp³-hybridized carbons (Fsp3) is 0.182. The minimum atomic E-state index is -4.76. The lowest BCUT2D eigenvalue weighted by Gasteiger charge is -2.08. The summed E-state index contributed by atoms with van der Waals surface area (Å²) in [6, 6.07) is 3.60. The maximum atomic E-state index is 13.3. The number of nitro groups is 1. The number of nitrogens with zero attached hydrogens (tertiary/aromatic N) is 3. The van der Waals surface area contributed by atoms with Gasteiger partial charge in [0.15, 0.2) is 0 Å². The van der Waals surface area contributed by atoms with Crippen molar-refractivity contribution >= 4 is 5.82 Å². The van der Waals surface area contributed by atoms with Crippen molar-refractivity contribution < 1.29 is 22.5 Å². The van der Waals surface area contributed by atoms with Crippen LogP contribution in [0.5, 0.6) is 0 Å². The zero-order valence-corrected chi connectivity index (χ0v) is 9.76. The van der Waals surface area contributed by atoms with Gasteiger partial charge in [0, 0.05) is 0 Å². The smallest absolute Gasteiger partial charge is 0.358 e. The summed E-state index contributed by atoms with van der Waals surface area (Å²) in [6.45, 7) is -0.0666. The summed E-state index contributed by atoms with van der Waals surface area (Å²) in [6.07, 6.45) is -3.47. The molecule has 9 heteroatoms. The molecule has 0 fully saturated rings. The number of rotatable bonds is 3. The average Bonchev–Trinajstić information content (AvgIpc) is 2.76. The van der Waals surface area contributed by atoms with Gasteiger partial charge in [-0.25, -0.2) is 4.39 Å². The molecule has 1 aromatic heterocycles. The van der Waals surface area contributed by atoms with Crippen LogP contribution >= 0.6 is 0 Å². The Hall–Kier alpha value is -2.45. The Morgan fingerprint density at radius 1 is 1.30 bits per heavy atom. The van der Waals surface area contributed by atoms with Crippen molar-refractivity contribution in [2.45, 2.75) is 12.7 Å². The third-order valence-corrected chi connectivity index (χ3v) is 2.50. The third kappa shape index (κ3) is 2.92. The van der Waals surface area contributed by atoms with Crippen molar-refractivity contribution in [1.82, 2.24) is 9.78 Å². The molecular formula is C11H7F4N3O2. The fourth-order valence-corrected chi connectivity index (χ4v) is 1.61. The highest BCUT2D eigenvalue weighted by Gasteiger charge is 2.33. The molecule has 1 heterocycles. The Morgan fingerprint density at radius 2 is 2.00 bits per heavy atom. The molecule has 0 saturated heterocycles. The van der Waals surface area contributed by atoms with Gasteiger partial charge in [0.1, 0.15) is 5.82 Å². The summed E-state index contributed by atoms with van der Waals surface area (Å²) in [5.41, 5.74) is -1.14. The molecule has 0 bridgehead atoms. The summed E-state index contributed by atoms with van der Waals surface area (Å²) in [5.74, 6) is -1.78. The lowest BCUT2D eigenvalue weighted by Crippen LogP contribution is -2.09. The molecule has 2 rings (SSSR count). The Balaban J connectivity index is 2.22. The van der Waals surface area contributed by atoms with E-state index in [4.69, 9.17) is 0 Å². The van der Waals surface area contributed by atoms with E-state index in [0.29, 0.717) is 6.07 Å². The molecule has 0 spiro atoms. The fourth-order valence-electron chi connectivity index (χ4n) is 1.61. The quantitative estimate of drug-likeness (QED) is 0.496. The maximum absolute atomic E-state index is 13.3. The molecule has 1 aromatic carbocycles.